The number of ether oxygens (including phenoxy) is 2. The number of para-hydroxylation sites is 1. The molecule has 96 valence electrons. The molecule has 2 rings (SSSR count). The molecule has 0 atom stereocenters. The van der Waals surface area contributed by atoms with Gasteiger partial charge in [-0.2, -0.15) is 0 Å². The van der Waals surface area contributed by atoms with Gasteiger partial charge in [0.25, 0.3) is 0 Å². The first-order valence-electron chi connectivity index (χ1n) is 6.05. The number of benzene rings is 1. The minimum absolute atomic E-state index is 0.0770. The average molecular weight is 247 g/mol. The highest BCUT2D eigenvalue weighted by Gasteiger charge is 2.18. The van der Waals surface area contributed by atoms with E-state index in [0.29, 0.717) is 26.3 Å². The second kappa shape index (κ2) is 5.58. The van der Waals surface area contributed by atoms with Crippen molar-refractivity contribution in [3.63, 3.8) is 0 Å². The summed E-state index contributed by atoms with van der Waals surface area (Å²) in [6, 6.07) is 5.74. The van der Waals surface area contributed by atoms with Crippen LogP contribution < -0.4 is 9.47 Å². The molecule has 0 unspecified atom stereocenters. The Balaban J connectivity index is 2.23. The van der Waals surface area contributed by atoms with Gasteiger partial charge in [-0.05, 0) is 19.1 Å². The Morgan fingerprint density at radius 3 is 2.94 bits per heavy atom. The fourth-order valence-electron chi connectivity index (χ4n) is 1.94. The van der Waals surface area contributed by atoms with Crippen molar-refractivity contribution < 1.29 is 14.3 Å². The molecule has 0 bridgehead atoms. The van der Waals surface area contributed by atoms with Gasteiger partial charge in [-0.3, -0.25) is 4.79 Å². The first-order chi connectivity index (χ1) is 8.76. The summed E-state index contributed by atoms with van der Waals surface area (Å²) in [6.45, 7) is 7.71. The lowest BCUT2D eigenvalue weighted by atomic mass is 10.1. The van der Waals surface area contributed by atoms with E-state index in [1.165, 1.54) is 6.08 Å². The van der Waals surface area contributed by atoms with Gasteiger partial charge in [-0.25, -0.2) is 0 Å². The number of rotatable bonds is 4. The number of amides is 1. The Bertz CT molecular complexity index is 456. The molecule has 0 saturated carbocycles. The zero-order valence-corrected chi connectivity index (χ0v) is 10.5. The first-order valence-corrected chi connectivity index (χ1v) is 6.05. The largest absolute Gasteiger partial charge is 0.486 e. The number of likely N-dealkylation sites (N-methyl/N-ethyl adjacent to an activating group) is 1. The van der Waals surface area contributed by atoms with Crippen LogP contribution in [0.25, 0.3) is 0 Å². The van der Waals surface area contributed by atoms with E-state index < -0.39 is 0 Å². The van der Waals surface area contributed by atoms with E-state index in [4.69, 9.17) is 9.47 Å². The molecule has 0 N–H and O–H groups in total. The van der Waals surface area contributed by atoms with Crippen LogP contribution in [0.2, 0.25) is 0 Å². The summed E-state index contributed by atoms with van der Waals surface area (Å²) in [4.78, 5) is 13.4. The van der Waals surface area contributed by atoms with Gasteiger partial charge in [0, 0.05) is 18.7 Å². The topological polar surface area (TPSA) is 38.8 Å². The Labute approximate surface area is 107 Å². The third-order valence-corrected chi connectivity index (χ3v) is 2.88. The van der Waals surface area contributed by atoms with Crippen molar-refractivity contribution in [1.29, 1.82) is 0 Å². The van der Waals surface area contributed by atoms with Crippen molar-refractivity contribution in [2.45, 2.75) is 13.5 Å². The number of carbonyl (C=O) groups is 1. The van der Waals surface area contributed by atoms with Crippen LogP contribution in [0.5, 0.6) is 11.5 Å². The van der Waals surface area contributed by atoms with Gasteiger partial charge in [-0.1, -0.05) is 18.7 Å². The molecule has 1 amide bonds. The minimum atomic E-state index is -0.0770. The maximum absolute atomic E-state index is 11.7. The van der Waals surface area contributed by atoms with Gasteiger partial charge >= 0.3 is 0 Å². The lowest BCUT2D eigenvalue weighted by molar-refractivity contribution is -0.126. The molecular formula is C14H17NO3. The van der Waals surface area contributed by atoms with Gasteiger partial charge in [0.1, 0.15) is 13.2 Å². The smallest absolute Gasteiger partial charge is 0.246 e. The van der Waals surface area contributed by atoms with E-state index in [1.54, 1.807) is 4.90 Å². The highest BCUT2D eigenvalue weighted by molar-refractivity contribution is 5.87. The summed E-state index contributed by atoms with van der Waals surface area (Å²) < 4.78 is 11.1. The summed E-state index contributed by atoms with van der Waals surface area (Å²) in [5.74, 6) is 1.42. The maximum Gasteiger partial charge on any atom is 0.246 e. The fourth-order valence-corrected chi connectivity index (χ4v) is 1.94. The molecule has 0 aliphatic carbocycles. The van der Waals surface area contributed by atoms with Crippen LogP contribution >= 0.6 is 0 Å². The van der Waals surface area contributed by atoms with E-state index in [-0.39, 0.29) is 5.91 Å². The molecule has 4 heteroatoms. The highest BCUT2D eigenvalue weighted by Crippen LogP contribution is 2.34. The molecule has 18 heavy (non-hydrogen) atoms. The van der Waals surface area contributed by atoms with Crippen LogP contribution in [0.4, 0.5) is 0 Å². The normalized spacial score (nSPS) is 12.9. The zero-order valence-electron chi connectivity index (χ0n) is 10.5. The lowest BCUT2D eigenvalue weighted by Gasteiger charge is -2.24. The van der Waals surface area contributed by atoms with E-state index in [1.807, 2.05) is 25.1 Å². The standard InChI is InChI=1S/C14H17NO3/c1-3-13(16)15(4-2)10-11-6-5-7-12-14(11)18-9-8-17-12/h3,5-7H,1,4,8-10H2,2H3. The molecular weight excluding hydrogens is 230 g/mol. The predicted octanol–water partition coefficient (Wildman–Crippen LogP) is 1.99. The molecule has 1 heterocycles. The van der Waals surface area contributed by atoms with Crippen molar-refractivity contribution in [3.8, 4) is 11.5 Å². The van der Waals surface area contributed by atoms with Crippen molar-refractivity contribution in [2.24, 2.45) is 0 Å². The van der Waals surface area contributed by atoms with E-state index in [0.717, 1.165) is 17.1 Å². The Hall–Kier alpha value is -1.97. The second-order valence-corrected chi connectivity index (χ2v) is 4.00. The lowest BCUT2D eigenvalue weighted by Crippen LogP contribution is -2.29. The third kappa shape index (κ3) is 2.47. The molecule has 0 fully saturated rings. The van der Waals surface area contributed by atoms with Crippen molar-refractivity contribution in [2.75, 3.05) is 19.8 Å². The van der Waals surface area contributed by atoms with Crippen LogP contribution in [0.3, 0.4) is 0 Å². The van der Waals surface area contributed by atoms with E-state index in [9.17, 15) is 4.79 Å². The number of nitrogens with zero attached hydrogens (tertiary/aromatic N) is 1. The molecule has 1 aliphatic rings. The van der Waals surface area contributed by atoms with Gasteiger partial charge in [-0.15, -0.1) is 0 Å². The van der Waals surface area contributed by atoms with Crippen LogP contribution in [-0.4, -0.2) is 30.6 Å². The molecule has 0 aromatic heterocycles. The second-order valence-electron chi connectivity index (χ2n) is 4.00. The van der Waals surface area contributed by atoms with Crippen LogP contribution in [-0.2, 0) is 11.3 Å². The highest BCUT2D eigenvalue weighted by atomic mass is 16.6. The van der Waals surface area contributed by atoms with Crippen molar-refractivity contribution in [3.05, 3.63) is 36.4 Å². The molecule has 0 radical (unpaired) electrons. The van der Waals surface area contributed by atoms with E-state index >= 15 is 0 Å². The van der Waals surface area contributed by atoms with Gasteiger partial charge in [0.15, 0.2) is 11.5 Å². The summed E-state index contributed by atoms with van der Waals surface area (Å²) in [5.41, 5.74) is 0.962. The molecule has 0 saturated heterocycles. The summed E-state index contributed by atoms with van der Waals surface area (Å²) >= 11 is 0. The van der Waals surface area contributed by atoms with Crippen molar-refractivity contribution in [1.82, 2.24) is 4.90 Å². The van der Waals surface area contributed by atoms with Crippen LogP contribution in [0, 0.1) is 0 Å². The molecule has 1 aromatic carbocycles. The number of fused-ring (bicyclic) bond motifs is 1. The number of carbonyl (C=O) groups excluding carboxylic acids is 1. The van der Waals surface area contributed by atoms with Gasteiger partial charge in [0.2, 0.25) is 5.91 Å². The molecule has 4 nitrogen and oxygen atoms in total. The minimum Gasteiger partial charge on any atom is -0.486 e. The van der Waals surface area contributed by atoms with E-state index in [2.05, 4.69) is 6.58 Å². The monoisotopic (exact) mass is 247 g/mol. The SMILES string of the molecule is C=CC(=O)N(CC)Cc1cccc2c1OCCO2. The summed E-state index contributed by atoms with van der Waals surface area (Å²) in [6.07, 6.45) is 1.33. The Morgan fingerprint density at radius 1 is 1.44 bits per heavy atom. The quantitative estimate of drug-likeness (QED) is 0.764. The fraction of sp³-hybridized carbons (Fsp3) is 0.357. The van der Waals surface area contributed by atoms with Gasteiger partial charge < -0.3 is 14.4 Å². The number of hydrogen-bond donors (Lipinski definition) is 0. The molecule has 1 aromatic rings. The first kappa shape index (κ1) is 12.5. The molecule has 0 spiro atoms. The maximum atomic E-state index is 11.7. The summed E-state index contributed by atoms with van der Waals surface area (Å²) in [5, 5.41) is 0. The third-order valence-electron chi connectivity index (χ3n) is 2.88. The summed E-state index contributed by atoms with van der Waals surface area (Å²) in [7, 11) is 0. The zero-order chi connectivity index (χ0) is 13.0. The van der Waals surface area contributed by atoms with Gasteiger partial charge in [0.05, 0.1) is 0 Å². The average Bonchev–Trinajstić information content (AvgIpc) is 2.44. The molecule has 1 aliphatic heterocycles. The van der Waals surface area contributed by atoms with Crippen LogP contribution in [0.15, 0.2) is 30.9 Å². The Morgan fingerprint density at radius 2 is 2.22 bits per heavy atom. The van der Waals surface area contributed by atoms with Crippen molar-refractivity contribution >= 4 is 5.91 Å². The van der Waals surface area contributed by atoms with Crippen LogP contribution in [0.1, 0.15) is 12.5 Å². The Kier molecular flexibility index (Phi) is 3.87. The predicted molar refractivity (Wildman–Crippen MR) is 68.7 cm³/mol. The number of hydrogen-bond acceptors (Lipinski definition) is 3.